The summed E-state index contributed by atoms with van der Waals surface area (Å²) in [6, 6.07) is 12.7. The van der Waals surface area contributed by atoms with Crippen molar-refractivity contribution in [2.24, 2.45) is 0 Å². The summed E-state index contributed by atoms with van der Waals surface area (Å²) >= 11 is 5.65. The Hall–Kier alpha value is -1.08. The van der Waals surface area contributed by atoms with Gasteiger partial charge in [-0.1, -0.05) is 12.1 Å². The first-order valence-electron chi connectivity index (χ1n) is 5.12. The average Bonchev–Trinajstić information content (AvgIpc) is 2.34. The molecule has 0 heterocycles. The molecule has 0 spiro atoms. The van der Waals surface area contributed by atoms with Crippen molar-refractivity contribution in [2.45, 2.75) is 0 Å². The molecule has 0 unspecified atom stereocenters. The summed E-state index contributed by atoms with van der Waals surface area (Å²) in [5.41, 5.74) is 1.67. The van der Waals surface area contributed by atoms with E-state index in [1.807, 2.05) is 18.2 Å². The number of halogens is 2. The van der Waals surface area contributed by atoms with Crippen LogP contribution in [0.4, 0.5) is 11.4 Å². The van der Waals surface area contributed by atoms with Crippen LogP contribution in [0.15, 0.2) is 46.9 Å². The molecule has 0 aliphatic heterocycles. The van der Waals surface area contributed by atoms with Crippen molar-refractivity contribution in [1.29, 1.82) is 0 Å². The molecule has 0 radical (unpaired) electrons. The van der Waals surface area contributed by atoms with Crippen molar-refractivity contribution >= 4 is 55.9 Å². The Morgan fingerprint density at radius 1 is 1.17 bits per heavy atom. The third-order valence-electron chi connectivity index (χ3n) is 2.36. The molecule has 3 nitrogen and oxygen atoms in total. The van der Waals surface area contributed by atoms with Gasteiger partial charge in [0, 0.05) is 8.04 Å². The van der Waals surface area contributed by atoms with Gasteiger partial charge >= 0.3 is 5.97 Å². The van der Waals surface area contributed by atoms with Crippen LogP contribution in [0.25, 0.3) is 0 Å². The van der Waals surface area contributed by atoms with Crippen LogP contribution in [0.5, 0.6) is 0 Å². The number of para-hydroxylation sites is 1. The minimum atomic E-state index is -0.945. The van der Waals surface area contributed by atoms with Crippen LogP contribution in [0.2, 0.25) is 0 Å². The molecule has 0 saturated carbocycles. The van der Waals surface area contributed by atoms with Gasteiger partial charge in [0.2, 0.25) is 0 Å². The second-order valence-corrected chi connectivity index (χ2v) is 5.70. The molecule has 18 heavy (non-hydrogen) atoms. The fourth-order valence-corrected chi connectivity index (χ4v) is 2.35. The number of carboxylic acid groups (broad SMARTS) is 1. The van der Waals surface area contributed by atoms with E-state index in [-0.39, 0.29) is 5.56 Å². The standard InChI is InChI=1S/C13H9BrINO2/c14-10-6-5-8(15)7-12(10)16-11-4-2-1-3-9(11)13(17)18/h1-7,16H,(H,17,18). The molecule has 0 aliphatic carbocycles. The van der Waals surface area contributed by atoms with Crippen molar-refractivity contribution in [3.63, 3.8) is 0 Å². The minimum absolute atomic E-state index is 0.253. The first-order valence-corrected chi connectivity index (χ1v) is 6.99. The number of nitrogens with one attached hydrogen (secondary N) is 1. The number of aromatic carboxylic acids is 1. The predicted octanol–water partition coefficient (Wildman–Crippen LogP) is 4.50. The number of rotatable bonds is 3. The van der Waals surface area contributed by atoms with E-state index in [4.69, 9.17) is 5.11 Å². The van der Waals surface area contributed by atoms with Crippen molar-refractivity contribution in [1.82, 2.24) is 0 Å². The average molecular weight is 418 g/mol. The van der Waals surface area contributed by atoms with Crippen molar-refractivity contribution < 1.29 is 9.90 Å². The van der Waals surface area contributed by atoms with E-state index in [2.05, 4.69) is 43.8 Å². The molecule has 0 fully saturated rings. The summed E-state index contributed by atoms with van der Waals surface area (Å²) in [5, 5.41) is 12.2. The van der Waals surface area contributed by atoms with E-state index < -0.39 is 5.97 Å². The van der Waals surface area contributed by atoms with Gasteiger partial charge in [0.25, 0.3) is 0 Å². The number of benzene rings is 2. The Labute approximate surface area is 126 Å². The third-order valence-corrected chi connectivity index (χ3v) is 3.72. The topological polar surface area (TPSA) is 49.3 Å². The van der Waals surface area contributed by atoms with Crippen LogP contribution in [-0.4, -0.2) is 11.1 Å². The Balaban J connectivity index is 2.40. The number of carbonyl (C=O) groups is 1. The summed E-state index contributed by atoms with van der Waals surface area (Å²) in [7, 11) is 0. The highest BCUT2D eigenvalue weighted by Gasteiger charge is 2.10. The van der Waals surface area contributed by atoms with Gasteiger partial charge in [-0.25, -0.2) is 4.79 Å². The van der Waals surface area contributed by atoms with Crippen LogP contribution < -0.4 is 5.32 Å². The quantitative estimate of drug-likeness (QED) is 0.723. The first-order chi connectivity index (χ1) is 8.58. The maximum Gasteiger partial charge on any atom is 0.337 e. The molecule has 0 saturated heterocycles. The van der Waals surface area contributed by atoms with E-state index in [1.54, 1.807) is 24.3 Å². The highest BCUT2D eigenvalue weighted by molar-refractivity contribution is 14.1. The maximum atomic E-state index is 11.1. The first kappa shape index (κ1) is 13.4. The summed E-state index contributed by atoms with van der Waals surface area (Å²) in [4.78, 5) is 11.1. The molecule has 0 amide bonds. The zero-order chi connectivity index (χ0) is 13.1. The summed E-state index contributed by atoms with van der Waals surface area (Å²) < 4.78 is 1.97. The predicted molar refractivity (Wildman–Crippen MR) is 83.5 cm³/mol. The Bertz CT molecular complexity index is 601. The van der Waals surface area contributed by atoms with Gasteiger partial charge in [0.05, 0.1) is 16.9 Å². The number of anilines is 2. The number of carboxylic acids is 1. The second-order valence-electron chi connectivity index (χ2n) is 3.60. The second kappa shape index (κ2) is 5.71. The van der Waals surface area contributed by atoms with Crippen molar-refractivity contribution in [2.75, 3.05) is 5.32 Å². The van der Waals surface area contributed by atoms with Crippen LogP contribution in [0.3, 0.4) is 0 Å². The monoisotopic (exact) mass is 417 g/mol. The molecule has 2 rings (SSSR count). The zero-order valence-corrected chi connectivity index (χ0v) is 12.9. The highest BCUT2D eigenvalue weighted by atomic mass is 127. The Kier molecular flexibility index (Phi) is 4.23. The van der Waals surface area contributed by atoms with Crippen LogP contribution in [0.1, 0.15) is 10.4 Å². The fraction of sp³-hybridized carbons (Fsp3) is 0. The lowest BCUT2D eigenvalue weighted by molar-refractivity contribution is 0.0698. The molecule has 2 aromatic carbocycles. The van der Waals surface area contributed by atoms with Crippen molar-refractivity contribution in [3.05, 3.63) is 56.1 Å². The lowest BCUT2D eigenvalue weighted by Gasteiger charge is -2.11. The molecule has 0 aromatic heterocycles. The van der Waals surface area contributed by atoms with Gasteiger partial charge in [0.1, 0.15) is 0 Å². The van der Waals surface area contributed by atoms with Crippen LogP contribution >= 0.6 is 38.5 Å². The van der Waals surface area contributed by atoms with Gasteiger partial charge in [-0.05, 0) is 68.9 Å². The van der Waals surface area contributed by atoms with E-state index in [1.165, 1.54) is 0 Å². The lowest BCUT2D eigenvalue weighted by atomic mass is 10.1. The molecule has 0 bridgehead atoms. The highest BCUT2D eigenvalue weighted by Crippen LogP contribution is 2.29. The van der Waals surface area contributed by atoms with Gasteiger partial charge in [-0.3, -0.25) is 0 Å². The summed E-state index contributed by atoms with van der Waals surface area (Å²) in [5.74, 6) is -0.945. The largest absolute Gasteiger partial charge is 0.478 e. The van der Waals surface area contributed by atoms with Crippen molar-refractivity contribution in [3.8, 4) is 0 Å². The summed E-state index contributed by atoms with van der Waals surface area (Å²) in [6.45, 7) is 0. The fourth-order valence-electron chi connectivity index (χ4n) is 1.52. The molecule has 0 atom stereocenters. The lowest BCUT2D eigenvalue weighted by Crippen LogP contribution is -2.02. The van der Waals surface area contributed by atoms with Gasteiger partial charge in [-0.2, -0.15) is 0 Å². The molecule has 2 aromatic rings. The molecule has 2 N–H and O–H groups in total. The zero-order valence-electron chi connectivity index (χ0n) is 9.15. The Morgan fingerprint density at radius 2 is 1.89 bits per heavy atom. The van der Waals surface area contributed by atoms with E-state index in [9.17, 15) is 4.79 Å². The molecular weight excluding hydrogens is 409 g/mol. The maximum absolute atomic E-state index is 11.1. The Morgan fingerprint density at radius 3 is 2.61 bits per heavy atom. The van der Waals surface area contributed by atoms with Crippen LogP contribution in [0, 0.1) is 3.57 Å². The number of hydrogen-bond donors (Lipinski definition) is 2. The molecular formula is C13H9BrINO2. The minimum Gasteiger partial charge on any atom is -0.478 e. The number of hydrogen-bond acceptors (Lipinski definition) is 2. The molecule has 5 heteroatoms. The van der Waals surface area contributed by atoms with Gasteiger partial charge in [-0.15, -0.1) is 0 Å². The van der Waals surface area contributed by atoms with E-state index in [0.29, 0.717) is 5.69 Å². The van der Waals surface area contributed by atoms with E-state index >= 15 is 0 Å². The smallest absolute Gasteiger partial charge is 0.337 e. The third kappa shape index (κ3) is 3.02. The van der Waals surface area contributed by atoms with Gasteiger partial charge in [0.15, 0.2) is 0 Å². The SMILES string of the molecule is O=C(O)c1ccccc1Nc1cc(I)ccc1Br. The van der Waals surface area contributed by atoms with Crippen LogP contribution in [-0.2, 0) is 0 Å². The molecule has 92 valence electrons. The van der Waals surface area contributed by atoms with Gasteiger partial charge < -0.3 is 10.4 Å². The summed E-state index contributed by atoms with van der Waals surface area (Å²) in [6.07, 6.45) is 0. The normalized spacial score (nSPS) is 10.1. The molecule has 0 aliphatic rings. The van der Waals surface area contributed by atoms with E-state index in [0.717, 1.165) is 13.7 Å².